The van der Waals surface area contributed by atoms with Crippen LogP contribution in [0.3, 0.4) is 0 Å². The van der Waals surface area contributed by atoms with Gasteiger partial charge in [-0.1, -0.05) is 81.1 Å². The van der Waals surface area contributed by atoms with Crippen LogP contribution in [0.25, 0.3) is 0 Å². The molecule has 0 spiro atoms. The van der Waals surface area contributed by atoms with Crippen LogP contribution in [0.15, 0.2) is 252 Å². The van der Waals surface area contributed by atoms with Crippen molar-refractivity contribution in [3.8, 4) is 34.5 Å². The van der Waals surface area contributed by atoms with Crippen LogP contribution in [0.2, 0.25) is 0 Å². The Hall–Kier alpha value is -15.9. The molecule has 0 fully saturated rings. The molecule has 0 bridgehead atoms. The number of benzene rings is 10. The van der Waals surface area contributed by atoms with E-state index in [9.17, 15) is 95.9 Å². The lowest BCUT2D eigenvalue weighted by molar-refractivity contribution is -0.140. The van der Waals surface area contributed by atoms with Gasteiger partial charge in [0, 0.05) is 107 Å². The summed E-state index contributed by atoms with van der Waals surface area (Å²) < 4.78 is 54.0. The summed E-state index contributed by atoms with van der Waals surface area (Å²) in [5.74, 6) is -11.5. The maximum absolute atomic E-state index is 12.0. The molecule has 0 aromatic heterocycles. The summed E-state index contributed by atoms with van der Waals surface area (Å²) in [7, 11) is 6.37. The van der Waals surface area contributed by atoms with Crippen molar-refractivity contribution in [2.45, 2.75) is 71.1 Å². The smallest absolute Gasteiger partial charge is 0.379 e. The van der Waals surface area contributed by atoms with E-state index in [1.807, 2.05) is 6.92 Å². The number of carbonyl (C=O) groups excluding carboxylic acids is 20. The number of ketones is 14. The quantitative estimate of drug-likeness (QED) is 0.0113. The topological polar surface area (TPSA) is 443 Å². The first-order valence-electron chi connectivity index (χ1n) is 39.1. The Morgan fingerprint density at radius 3 is 0.603 bits per heavy atom. The number of rotatable bonds is 39. The van der Waals surface area contributed by atoms with Crippen molar-refractivity contribution >= 4 is 129 Å². The zero-order valence-electron chi connectivity index (χ0n) is 71.8. The SMILES string of the molecule is C.CCCCOC(=O)C(=O)c1ccc(Oc2ccc(C(=O)C(C)=O)cc2)cc1.COC(=O)C(=O)c1ccc(Cc2ccc(C(=O)C(C)=O)cc2)cc1.COC(=O)C(=O)c1ccc(Oc2ccc(C(=O)C(C)=O)cc2)cc1.COC(=O)C(=O)c1ccc(Sc2ccc(C(=O)C(C)=O)cc2)cc1.COCCOC(=O)C(=O)c1ccc(Oc2ccc(C(=O)C(=O)OCCOC)cc2)cc1. The minimum atomic E-state index is -0.966. The second kappa shape index (κ2) is 54.2. The molecule has 0 atom stereocenters. The van der Waals surface area contributed by atoms with Crippen molar-refractivity contribution in [1.82, 2.24) is 0 Å². The Kier molecular flexibility index (Phi) is 43.7. The van der Waals surface area contributed by atoms with Crippen molar-refractivity contribution in [2.24, 2.45) is 0 Å². The highest BCUT2D eigenvalue weighted by Gasteiger charge is 2.25. The number of hydrogen-bond acceptors (Lipinski definition) is 32. The molecule has 0 aliphatic heterocycles. The lowest BCUT2D eigenvalue weighted by Gasteiger charge is -2.08. The van der Waals surface area contributed by atoms with Crippen LogP contribution in [0.4, 0.5) is 0 Å². The Morgan fingerprint density at radius 2 is 0.412 bits per heavy atom. The fourth-order valence-corrected chi connectivity index (χ4v) is 11.3. The second-order valence-electron chi connectivity index (χ2n) is 26.9. The lowest BCUT2D eigenvalue weighted by Crippen LogP contribution is -2.19. The van der Waals surface area contributed by atoms with Gasteiger partial charge in [0.05, 0.1) is 41.2 Å². The number of methoxy groups -OCH3 is 5. The standard InChI is InChI=1S/C22H22O9.C21H20O6.C19H16O5.C18H14O6.C18H14O5S.CH4/c1-27-11-13-29-21(25)19(23)15-3-7-17(8-4-15)31-18-9-5-16(6-10-18)20(24)22(26)30-14-12-28-2;1-3-4-13-26-21(25)20(24)16-7-11-18(12-8-16)27-17-9-5-15(6-10-17)19(23)14(2)22;1-12(20)17(21)15-7-3-13(4-8-15)11-14-5-9-16(10-6-14)18(22)19(23)24-2;2*1-11(19)16(20)12-3-7-14(8-4-12)24-15-9-5-13(6-10-15)17(21)18(22)23-2;/h3-10H,11-14H2,1-2H3;5-12H,3-4,13H2,1-2H3;3-10H,11H2,1-2H3;2*3-10H,1-2H3;1H4. The van der Waals surface area contributed by atoms with Crippen LogP contribution in [0.1, 0.15) is 170 Å². The maximum atomic E-state index is 12.0. The van der Waals surface area contributed by atoms with Crippen LogP contribution in [-0.2, 0) is 92.3 Å². The van der Waals surface area contributed by atoms with Gasteiger partial charge in [-0.05, 0) is 218 Å². The van der Waals surface area contributed by atoms with Crippen LogP contribution >= 0.6 is 11.8 Å². The van der Waals surface area contributed by atoms with Crippen LogP contribution in [0, 0.1) is 0 Å². The molecule has 0 saturated heterocycles. The highest BCUT2D eigenvalue weighted by molar-refractivity contribution is 7.99. The Bertz CT molecular complexity index is 5360. The van der Waals surface area contributed by atoms with Gasteiger partial charge < -0.3 is 52.1 Å². The molecule has 0 saturated carbocycles. The molecule has 10 rings (SSSR count). The number of unbranched alkanes of at least 4 members (excludes halogenated alkanes) is 1. The molecule has 131 heavy (non-hydrogen) atoms. The maximum Gasteiger partial charge on any atom is 0.379 e. The fourth-order valence-electron chi connectivity index (χ4n) is 10.5. The number of Topliss-reactive ketones (excluding diaryl/α,β-unsaturated/α-hetero) is 14. The summed E-state index contributed by atoms with van der Waals surface area (Å²) >= 11 is 1.43. The van der Waals surface area contributed by atoms with Crippen molar-refractivity contribution < 1.29 is 148 Å². The number of ether oxygens (including phenoxy) is 11. The monoisotopic (exact) mass is 1810 g/mol. The molecular weight excluding hydrogens is 1720 g/mol. The molecule has 0 aliphatic carbocycles. The van der Waals surface area contributed by atoms with E-state index in [0.29, 0.717) is 58.5 Å². The molecule has 0 radical (unpaired) electrons. The molecule has 0 heterocycles. The summed E-state index contributed by atoms with van der Waals surface area (Å²) in [6.45, 7) is 7.48. The lowest BCUT2D eigenvalue weighted by atomic mass is 10.00. The highest BCUT2D eigenvalue weighted by Crippen LogP contribution is 2.30. The number of hydrogen-bond donors (Lipinski definition) is 0. The van der Waals surface area contributed by atoms with Crippen LogP contribution in [0.5, 0.6) is 34.5 Å². The van der Waals surface area contributed by atoms with Crippen molar-refractivity contribution in [3.05, 3.63) is 309 Å². The molecule has 0 unspecified atom stereocenters. The van der Waals surface area contributed by atoms with E-state index in [1.54, 1.807) is 133 Å². The summed E-state index contributed by atoms with van der Waals surface area (Å²) in [4.78, 5) is 232. The Balaban J connectivity index is 0.000000290. The van der Waals surface area contributed by atoms with E-state index < -0.39 is 117 Å². The van der Waals surface area contributed by atoms with E-state index in [1.165, 1.54) is 163 Å². The highest BCUT2D eigenvalue weighted by atomic mass is 32.2. The minimum Gasteiger partial charge on any atom is -0.463 e. The number of carbonyl (C=O) groups is 20. The van der Waals surface area contributed by atoms with Crippen molar-refractivity contribution in [3.63, 3.8) is 0 Å². The predicted octanol–water partition coefficient (Wildman–Crippen LogP) is 14.6. The van der Waals surface area contributed by atoms with Crippen LogP contribution in [-0.4, -0.2) is 185 Å². The van der Waals surface area contributed by atoms with Crippen molar-refractivity contribution in [2.75, 3.05) is 68.6 Å². The summed E-state index contributed by atoms with van der Waals surface area (Å²) in [5.41, 5.74) is 4.45. The van der Waals surface area contributed by atoms with Gasteiger partial charge in [-0.2, -0.15) is 0 Å². The molecule has 678 valence electrons. The van der Waals surface area contributed by atoms with Crippen LogP contribution < -0.4 is 14.2 Å². The zero-order valence-corrected chi connectivity index (χ0v) is 72.6. The van der Waals surface area contributed by atoms with Gasteiger partial charge in [0.2, 0.25) is 23.1 Å². The Labute approximate surface area is 756 Å². The number of esters is 6. The molecule has 0 aliphatic rings. The predicted molar refractivity (Wildman–Crippen MR) is 472 cm³/mol. The average molecular weight is 1810 g/mol. The van der Waals surface area contributed by atoms with E-state index in [2.05, 4.69) is 14.2 Å². The van der Waals surface area contributed by atoms with Gasteiger partial charge in [0.25, 0.3) is 34.7 Å². The van der Waals surface area contributed by atoms with Gasteiger partial charge in [-0.3, -0.25) is 67.1 Å². The summed E-state index contributed by atoms with van der Waals surface area (Å²) in [6, 6.07) is 62.8. The Morgan fingerprint density at radius 1 is 0.229 bits per heavy atom. The van der Waals surface area contributed by atoms with Gasteiger partial charge in [0.15, 0.2) is 23.1 Å². The van der Waals surface area contributed by atoms with Gasteiger partial charge in [0.1, 0.15) is 47.7 Å². The minimum absolute atomic E-state index is 0. The molecule has 0 N–H and O–H groups in total. The molecule has 10 aromatic rings. The third-order valence-electron chi connectivity index (χ3n) is 17.4. The third kappa shape index (κ3) is 34.1. The summed E-state index contributed by atoms with van der Waals surface area (Å²) in [6.07, 6.45) is 2.18. The van der Waals surface area contributed by atoms with Crippen molar-refractivity contribution in [1.29, 1.82) is 0 Å². The third-order valence-corrected chi connectivity index (χ3v) is 18.5. The van der Waals surface area contributed by atoms with E-state index in [0.717, 1.165) is 48.7 Å². The van der Waals surface area contributed by atoms with E-state index in [-0.39, 0.29) is 85.0 Å². The molecule has 0 amide bonds. The van der Waals surface area contributed by atoms with E-state index >= 15 is 0 Å². The molecule has 10 aromatic carbocycles. The molecular formula is C99H90O31S. The largest absolute Gasteiger partial charge is 0.463 e. The van der Waals surface area contributed by atoms with Gasteiger partial charge in [-0.15, -0.1) is 0 Å². The molecule has 32 heteroatoms. The van der Waals surface area contributed by atoms with E-state index in [4.69, 9.17) is 37.9 Å². The fraction of sp³-hybridized carbons (Fsp3) is 0.192. The van der Waals surface area contributed by atoms with Gasteiger partial charge in [-0.25, -0.2) is 28.8 Å². The zero-order chi connectivity index (χ0) is 95.5. The molecule has 31 nitrogen and oxygen atoms in total. The average Bonchev–Trinajstić information content (AvgIpc) is 0.853. The van der Waals surface area contributed by atoms with Gasteiger partial charge >= 0.3 is 35.8 Å². The normalized spacial score (nSPS) is 10.0. The first kappa shape index (κ1) is 106. The summed E-state index contributed by atoms with van der Waals surface area (Å²) in [5, 5.41) is 0. The first-order chi connectivity index (χ1) is 62.1. The first-order valence-corrected chi connectivity index (χ1v) is 39.9. The second-order valence-corrected chi connectivity index (χ2v) is 28.1.